The molecular weight excluding hydrogens is 320 g/mol. The van der Waals surface area contributed by atoms with Crippen LogP contribution in [0.15, 0.2) is 36.8 Å². The summed E-state index contributed by atoms with van der Waals surface area (Å²) in [7, 11) is 4.19. The largest absolute Gasteiger partial charge is 0.331 e. The van der Waals surface area contributed by atoms with Crippen molar-refractivity contribution < 1.29 is 0 Å². The first-order valence-corrected chi connectivity index (χ1v) is 8.24. The van der Waals surface area contributed by atoms with Crippen molar-refractivity contribution in [1.82, 2.24) is 19.4 Å². The molecule has 0 amide bonds. The van der Waals surface area contributed by atoms with Gasteiger partial charge in [-0.1, -0.05) is 23.4 Å². The molecule has 24 heavy (non-hydrogen) atoms. The standard InChI is InChI=1S/C19H17ClN4/c1-23-11-14(4-3-13-5-7-21-8-6-13)18-17(12-23)16-9-15(20)10-22-19(16)24(18)2/h5-10,14H,11-12H2,1-2H3. The van der Waals surface area contributed by atoms with Crippen LogP contribution in [0, 0.1) is 11.8 Å². The first-order chi connectivity index (χ1) is 11.6. The second kappa shape index (κ2) is 5.94. The highest BCUT2D eigenvalue weighted by molar-refractivity contribution is 6.31. The number of aryl methyl sites for hydroxylation is 1. The van der Waals surface area contributed by atoms with E-state index in [1.807, 2.05) is 18.2 Å². The van der Waals surface area contributed by atoms with Crippen molar-refractivity contribution in [1.29, 1.82) is 0 Å². The number of pyridine rings is 2. The quantitative estimate of drug-likeness (QED) is 0.591. The average Bonchev–Trinajstić information content (AvgIpc) is 2.86. The molecule has 3 aromatic heterocycles. The van der Waals surface area contributed by atoms with Crippen LogP contribution < -0.4 is 0 Å². The Hall–Kier alpha value is -2.35. The first-order valence-electron chi connectivity index (χ1n) is 7.86. The van der Waals surface area contributed by atoms with Crippen molar-refractivity contribution in [3.63, 3.8) is 0 Å². The summed E-state index contributed by atoms with van der Waals surface area (Å²) >= 11 is 6.17. The predicted molar refractivity (Wildman–Crippen MR) is 95.9 cm³/mol. The van der Waals surface area contributed by atoms with Gasteiger partial charge in [-0.05, 0) is 30.8 Å². The fourth-order valence-corrected chi connectivity index (χ4v) is 3.60. The molecule has 0 fully saturated rings. The van der Waals surface area contributed by atoms with E-state index in [2.05, 4.69) is 45.4 Å². The number of rotatable bonds is 0. The highest BCUT2D eigenvalue weighted by Crippen LogP contribution is 2.35. The second-order valence-electron chi connectivity index (χ2n) is 6.20. The Balaban J connectivity index is 1.85. The molecule has 0 spiro atoms. The van der Waals surface area contributed by atoms with E-state index in [9.17, 15) is 0 Å². The molecule has 1 aliphatic rings. The minimum Gasteiger partial charge on any atom is -0.331 e. The summed E-state index contributed by atoms with van der Waals surface area (Å²) in [5, 5.41) is 1.80. The lowest BCUT2D eigenvalue weighted by atomic mass is 9.95. The molecule has 0 N–H and O–H groups in total. The molecule has 0 radical (unpaired) electrons. The van der Waals surface area contributed by atoms with E-state index in [1.165, 1.54) is 11.3 Å². The Labute approximate surface area is 146 Å². The first kappa shape index (κ1) is 15.2. The zero-order valence-electron chi connectivity index (χ0n) is 13.6. The normalized spacial score (nSPS) is 17.4. The highest BCUT2D eigenvalue weighted by atomic mass is 35.5. The Morgan fingerprint density at radius 3 is 2.83 bits per heavy atom. The topological polar surface area (TPSA) is 34.0 Å². The molecular formula is C19H17ClN4. The summed E-state index contributed by atoms with van der Waals surface area (Å²) < 4.78 is 2.17. The summed E-state index contributed by atoms with van der Waals surface area (Å²) in [5.74, 6) is 6.87. The summed E-state index contributed by atoms with van der Waals surface area (Å²) in [5.41, 5.74) is 4.49. The van der Waals surface area contributed by atoms with E-state index in [0.717, 1.165) is 29.7 Å². The van der Waals surface area contributed by atoms with Crippen LogP contribution in [0.3, 0.4) is 0 Å². The van der Waals surface area contributed by atoms with Crippen molar-refractivity contribution in [2.24, 2.45) is 7.05 Å². The number of fused-ring (bicyclic) bond motifs is 3. The minimum atomic E-state index is 0.143. The van der Waals surface area contributed by atoms with Gasteiger partial charge in [0.15, 0.2) is 0 Å². The Kier molecular flexibility index (Phi) is 3.76. The number of likely N-dealkylation sites (N-methyl/N-ethyl adjacent to an activating group) is 1. The van der Waals surface area contributed by atoms with E-state index in [0.29, 0.717) is 5.02 Å². The lowest BCUT2D eigenvalue weighted by molar-refractivity contribution is 0.298. The highest BCUT2D eigenvalue weighted by Gasteiger charge is 2.28. The number of aromatic nitrogens is 3. The van der Waals surface area contributed by atoms with Crippen molar-refractivity contribution in [2.75, 3.05) is 13.6 Å². The van der Waals surface area contributed by atoms with E-state index in [1.54, 1.807) is 18.6 Å². The number of nitrogens with zero attached hydrogens (tertiary/aromatic N) is 4. The van der Waals surface area contributed by atoms with E-state index >= 15 is 0 Å². The molecule has 0 saturated heterocycles. The molecule has 120 valence electrons. The third-order valence-corrected chi connectivity index (χ3v) is 4.68. The zero-order valence-corrected chi connectivity index (χ0v) is 14.4. The predicted octanol–water partition coefficient (Wildman–Crippen LogP) is 3.20. The summed E-state index contributed by atoms with van der Waals surface area (Å²) in [6.07, 6.45) is 5.24. The molecule has 4 heterocycles. The van der Waals surface area contributed by atoms with Gasteiger partial charge >= 0.3 is 0 Å². The van der Waals surface area contributed by atoms with Crippen molar-refractivity contribution in [3.05, 3.63) is 58.6 Å². The van der Waals surface area contributed by atoms with Gasteiger partial charge in [-0.2, -0.15) is 0 Å². The van der Waals surface area contributed by atoms with Crippen LogP contribution in [0.1, 0.15) is 22.7 Å². The fraction of sp³-hybridized carbons (Fsp3) is 0.263. The van der Waals surface area contributed by atoms with Gasteiger partial charge in [0.25, 0.3) is 0 Å². The second-order valence-corrected chi connectivity index (χ2v) is 6.64. The monoisotopic (exact) mass is 336 g/mol. The van der Waals surface area contributed by atoms with Crippen LogP contribution in [0.4, 0.5) is 0 Å². The summed E-state index contributed by atoms with van der Waals surface area (Å²) in [6, 6.07) is 5.88. The Morgan fingerprint density at radius 1 is 1.25 bits per heavy atom. The molecule has 4 rings (SSSR count). The molecule has 4 nitrogen and oxygen atoms in total. The molecule has 5 heteroatoms. The molecule has 1 atom stereocenters. The van der Waals surface area contributed by atoms with Crippen LogP contribution in [0.2, 0.25) is 5.02 Å². The van der Waals surface area contributed by atoms with E-state index in [-0.39, 0.29) is 5.92 Å². The lowest BCUT2D eigenvalue weighted by Crippen LogP contribution is -2.30. The molecule has 0 bridgehead atoms. The van der Waals surface area contributed by atoms with Gasteiger partial charge in [-0.3, -0.25) is 4.98 Å². The van der Waals surface area contributed by atoms with E-state index in [4.69, 9.17) is 11.6 Å². The maximum atomic E-state index is 6.17. The van der Waals surface area contributed by atoms with Crippen molar-refractivity contribution in [2.45, 2.75) is 12.5 Å². The van der Waals surface area contributed by atoms with Gasteiger partial charge in [0.2, 0.25) is 0 Å². The van der Waals surface area contributed by atoms with Gasteiger partial charge in [0.1, 0.15) is 5.65 Å². The number of hydrogen-bond acceptors (Lipinski definition) is 3. The molecule has 0 aliphatic carbocycles. The van der Waals surface area contributed by atoms with Gasteiger partial charge in [-0.25, -0.2) is 4.98 Å². The Morgan fingerprint density at radius 2 is 2.04 bits per heavy atom. The van der Waals surface area contributed by atoms with E-state index < -0.39 is 0 Å². The maximum Gasteiger partial charge on any atom is 0.140 e. The summed E-state index contributed by atoms with van der Waals surface area (Å²) in [6.45, 7) is 1.80. The third-order valence-electron chi connectivity index (χ3n) is 4.47. The van der Waals surface area contributed by atoms with Crippen LogP contribution in [0.25, 0.3) is 11.0 Å². The Bertz CT molecular complexity index is 966. The molecule has 1 unspecified atom stereocenters. The van der Waals surface area contributed by atoms with Crippen molar-refractivity contribution >= 4 is 22.6 Å². The van der Waals surface area contributed by atoms with Crippen LogP contribution in [0.5, 0.6) is 0 Å². The van der Waals surface area contributed by atoms with Crippen LogP contribution in [-0.4, -0.2) is 33.0 Å². The van der Waals surface area contributed by atoms with Gasteiger partial charge in [0.05, 0.1) is 10.9 Å². The smallest absolute Gasteiger partial charge is 0.140 e. The maximum absolute atomic E-state index is 6.17. The van der Waals surface area contributed by atoms with Gasteiger partial charge in [-0.15, -0.1) is 0 Å². The van der Waals surface area contributed by atoms with Crippen molar-refractivity contribution in [3.8, 4) is 11.8 Å². The fourth-order valence-electron chi connectivity index (χ4n) is 3.44. The van der Waals surface area contributed by atoms with Gasteiger partial charge < -0.3 is 9.47 Å². The average molecular weight is 337 g/mol. The minimum absolute atomic E-state index is 0.143. The van der Waals surface area contributed by atoms with Crippen LogP contribution >= 0.6 is 11.6 Å². The number of halogens is 1. The molecule has 3 aromatic rings. The summed E-state index contributed by atoms with van der Waals surface area (Å²) in [4.78, 5) is 10.9. The molecule has 0 saturated carbocycles. The molecule has 1 aliphatic heterocycles. The third kappa shape index (κ3) is 2.56. The van der Waals surface area contributed by atoms with Crippen LogP contribution in [-0.2, 0) is 13.6 Å². The zero-order chi connectivity index (χ0) is 16.7. The van der Waals surface area contributed by atoms with Gasteiger partial charge in [0, 0.05) is 55.4 Å². The SMILES string of the molecule is CN1Cc2c(n(C)c3ncc(Cl)cc23)C(C#Cc2ccncc2)C1. The lowest BCUT2D eigenvalue weighted by Gasteiger charge is -2.28. The molecule has 0 aromatic carbocycles. The number of hydrogen-bond donors (Lipinski definition) is 0.